The molecule has 0 atom stereocenters. The van der Waals surface area contributed by atoms with Gasteiger partial charge >= 0.3 is 0 Å². The van der Waals surface area contributed by atoms with E-state index >= 15 is 0 Å². The fourth-order valence-electron chi connectivity index (χ4n) is 4.29. The Morgan fingerprint density at radius 1 is 1.10 bits per heavy atom. The maximum absolute atomic E-state index is 11.4. The summed E-state index contributed by atoms with van der Waals surface area (Å²) in [5.41, 5.74) is 0.904. The van der Waals surface area contributed by atoms with Crippen LogP contribution in [0.4, 0.5) is 5.95 Å². The topological polar surface area (TPSA) is 109 Å². The van der Waals surface area contributed by atoms with E-state index in [9.17, 15) is 13.5 Å². The minimum atomic E-state index is -3.17. The molecule has 0 aliphatic heterocycles. The van der Waals surface area contributed by atoms with Crippen molar-refractivity contribution in [1.29, 1.82) is 0 Å². The van der Waals surface area contributed by atoms with E-state index in [0.29, 0.717) is 5.95 Å². The lowest BCUT2D eigenvalue weighted by Gasteiger charge is -2.29. The van der Waals surface area contributed by atoms with Crippen LogP contribution in [-0.4, -0.2) is 46.4 Å². The van der Waals surface area contributed by atoms with Crippen molar-refractivity contribution in [3.8, 4) is 5.82 Å². The Balaban J connectivity index is 1.51. The molecule has 1 aliphatic carbocycles. The minimum Gasteiger partial charge on any atom is -0.386 e. The van der Waals surface area contributed by atoms with E-state index in [1.165, 1.54) is 6.26 Å². The first-order valence-corrected chi connectivity index (χ1v) is 12.4. The Morgan fingerprint density at radius 3 is 2.48 bits per heavy atom. The standard InChI is InChI=1S/C22H29N5O3S/c1-22(2,28)18-5-4-6-19-17(18)12-14-27(19)20-11-13-23-21(25-20)24-15-7-9-16(10-8-15)26-31(3,29)30/h4-6,11-16,26,28H,7-10H2,1-3H3,(H,23,24,25)/t15-,16-. The number of nitrogens with one attached hydrogen (secondary N) is 2. The highest BCUT2D eigenvalue weighted by Crippen LogP contribution is 2.30. The maximum Gasteiger partial charge on any atom is 0.224 e. The van der Waals surface area contributed by atoms with Crippen LogP contribution >= 0.6 is 0 Å². The van der Waals surface area contributed by atoms with Crippen LogP contribution in [0.2, 0.25) is 0 Å². The van der Waals surface area contributed by atoms with E-state index in [-0.39, 0.29) is 12.1 Å². The van der Waals surface area contributed by atoms with Crippen LogP contribution in [0.3, 0.4) is 0 Å². The quantitative estimate of drug-likeness (QED) is 0.540. The van der Waals surface area contributed by atoms with Crippen molar-refractivity contribution in [3.05, 3.63) is 48.3 Å². The van der Waals surface area contributed by atoms with Crippen LogP contribution in [0, 0.1) is 0 Å². The lowest BCUT2D eigenvalue weighted by molar-refractivity contribution is 0.0802. The molecule has 0 radical (unpaired) electrons. The van der Waals surface area contributed by atoms with Crippen molar-refractivity contribution in [1.82, 2.24) is 19.3 Å². The zero-order chi connectivity index (χ0) is 22.2. The lowest BCUT2D eigenvalue weighted by Crippen LogP contribution is -2.39. The summed E-state index contributed by atoms with van der Waals surface area (Å²) in [6, 6.07) is 9.94. The summed E-state index contributed by atoms with van der Waals surface area (Å²) in [7, 11) is -3.17. The fraction of sp³-hybridized carbons (Fsp3) is 0.455. The molecule has 2 heterocycles. The third-order valence-corrected chi connectivity index (χ3v) is 6.48. The summed E-state index contributed by atoms with van der Waals surface area (Å²) >= 11 is 0. The second-order valence-corrected chi connectivity index (χ2v) is 10.6. The summed E-state index contributed by atoms with van der Waals surface area (Å²) in [5.74, 6) is 1.30. The van der Waals surface area contributed by atoms with Crippen LogP contribution in [0.25, 0.3) is 16.7 Å². The highest BCUT2D eigenvalue weighted by molar-refractivity contribution is 7.88. The monoisotopic (exact) mass is 443 g/mol. The molecule has 0 bridgehead atoms. The molecule has 0 saturated heterocycles. The van der Waals surface area contributed by atoms with Gasteiger partial charge in [0.25, 0.3) is 0 Å². The SMILES string of the molecule is CC(C)(O)c1cccc2c1ccn2-c1ccnc(N[C@H]2CC[C@H](NS(C)(=O)=O)CC2)n1. The summed E-state index contributed by atoms with van der Waals surface area (Å²) < 4.78 is 27.5. The number of hydrogen-bond donors (Lipinski definition) is 3. The highest BCUT2D eigenvalue weighted by atomic mass is 32.2. The molecule has 3 aromatic rings. The Labute approximate surface area is 182 Å². The van der Waals surface area contributed by atoms with Crippen LogP contribution in [-0.2, 0) is 15.6 Å². The molecule has 3 N–H and O–H groups in total. The number of aliphatic hydroxyl groups is 1. The van der Waals surface area contributed by atoms with Gasteiger partial charge in [-0.25, -0.2) is 18.1 Å². The van der Waals surface area contributed by atoms with Crippen molar-refractivity contribution >= 4 is 26.9 Å². The van der Waals surface area contributed by atoms with Gasteiger partial charge in [0, 0.05) is 29.9 Å². The van der Waals surface area contributed by atoms with Crippen molar-refractivity contribution in [3.63, 3.8) is 0 Å². The lowest BCUT2D eigenvalue weighted by atomic mass is 9.92. The molecular weight excluding hydrogens is 414 g/mol. The van der Waals surface area contributed by atoms with Gasteiger partial charge in [-0.1, -0.05) is 12.1 Å². The van der Waals surface area contributed by atoms with Gasteiger partial charge in [0.2, 0.25) is 16.0 Å². The zero-order valence-corrected chi connectivity index (χ0v) is 18.9. The molecule has 9 heteroatoms. The maximum atomic E-state index is 11.4. The van der Waals surface area contributed by atoms with Crippen LogP contribution < -0.4 is 10.0 Å². The predicted molar refractivity (Wildman–Crippen MR) is 122 cm³/mol. The molecule has 166 valence electrons. The minimum absolute atomic E-state index is 0.00323. The molecule has 0 unspecified atom stereocenters. The van der Waals surface area contributed by atoms with Gasteiger partial charge < -0.3 is 15.0 Å². The van der Waals surface area contributed by atoms with Gasteiger partial charge in [-0.15, -0.1) is 0 Å². The fourth-order valence-corrected chi connectivity index (χ4v) is 5.14. The summed E-state index contributed by atoms with van der Waals surface area (Å²) in [4.78, 5) is 9.07. The van der Waals surface area contributed by atoms with Crippen LogP contribution in [0.1, 0.15) is 45.1 Å². The van der Waals surface area contributed by atoms with E-state index in [2.05, 4.69) is 15.0 Å². The van der Waals surface area contributed by atoms with Crippen molar-refractivity contribution in [2.45, 2.75) is 57.2 Å². The average molecular weight is 444 g/mol. The van der Waals surface area contributed by atoms with Gasteiger partial charge in [-0.3, -0.25) is 0 Å². The molecular formula is C22H29N5O3S. The largest absolute Gasteiger partial charge is 0.386 e. The molecule has 0 amide bonds. The predicted octanol–water partition coefficient (Wildman–Crippen LogP) is 2.92. The first-order valence-electron chi connectivity index (χ1n) is 10.5. The summed E-state index contributed by atoms with van der Waals surface area (Å²) in [6.45, 7) is 3.57. The van der Waals surface area contributed by atoms with Crippen LogP contribution in [0.15, 0.2) is 42.7 Å². The van der Waals surface area contributed by atoms with Crippen molar-refractivity contribution in [2.75, 3.05) is 11.6 Å². The number of rotatable bonds is 6. The average Bonchev–Trinajstić information content (AvgIpc) is 3.12. The number of aromatic nitrogens is 3. The van der Waals surface area contributed by atoms with E-state index < -0.39 is 15.6 Å². The third-order valence-electron chi connectivity index (χ3n) is 5.72. The summed E-state index contributed by atoms with van der Waals surface area (Å²) in [5, 5.41) is 14.9. The van der Waals surface area contributed by atoms with Gasteiger partial charge in [0.15, 0.2) is 0 Å². The van der Waals surface area contributed by atoms with Gasteiger partial charge in [-0.2, -0.15) is 4.98 Å². The molecule has 1 aromatic carbocycles. The molecule has 1 aliphatic rings. The molecule has 31 heavy (non-hydrogen) atoms. The first-order chi connectivity index (χ1) is 14.6. The molecule has 0 spiro atoms. The molecule has 1 fully saturated rings. The zero-order valence-electron chi connectivity index (χ0n) is 18.0. The summed E-state index contributed by atoms with van der Waals surface area (Å²) in [6.07, 6.45) is 8.15. The second-order valence-electron chi connectivity index (χ2n) is 8.80. The van der Waals surface area contributed by atoms with Gasteiger partial charge in [-0.05, 0) is 63.3 Å². The van der Waals surface area contributed by atoms with E-state index in [1.54, 1.807) is 20.0 Å². The molecule has 4 rings (SSSR count). The Kier molecular flexibility index (Phi) is 5.76. The van der Waals surface area contributed by atoms with Gasteiger partial charge in [0.05, 0.1) is 17.4 Å². The number of benzene rings is 1. The highest BCUT2D eigenvalue weighted by Gasteiger charge is 2.24. The third kappa shape index (κ3) is 5.06. The molecule has 2 aromatic heterocycles. The first kappa shape index (κ1) is 21.7. The number of hydrogen-bond acceptors (Lipinski definition) is 6. The molecule has 1 saturated carbocycles. The number of fused-ring (bicyclic) bond motifs is 1. The Bertz CT molecular complexity index is 1180. The Morgan fingerprint density at radius 2 is 1.81 bits per heavy atom. The number of nitrogens with zero attached hydrogens (tertiary/aromatic N) is 3. The normalized spacial score (nSPS) is 20.1. The van der Waals surface area contributed by atoms with Crippen LogP contribution in [0.5, 0.6) is 0 Å². The number of sulfonamides is 1. The second kappa shape index (κ2) is 8.22. The van der Waals surface area contributed by atoms with E-state index in [1.807, 2.05) is 41.1 Å². The van der Waals surface area contributed by atoms with Crippen molar-refractivity contribution in [2.24, 2.45) is 0 Å². The molecule has 8 nitrogen and oxygen atoms in total. The van der Waals surface area contributed by atoms with E-state index in [4.69, 9.17) is 4.98 Å². The Hall–Kier alpha value is -2.49. The van der Waals surface area contributed by atoms with Crippen molar-refractivity contribution < 1.29 is 13.5 Å². The smallest absolute Gasteiger partial charge is 0.224 e. The van der Waals surface area contributed by atoms with E-state index in [0.717, 1.165) is 48.0 Å². The van der Waals surface area contributed by atoms with Gasteiger partial charge in [0.1, 0.15) is 5.82 Å². The number of anilines is 1.